The molecule has 0 saturated carbocycles. The molecule has 106 valence electrons. The second kappa shape index (κ2) is 6.39. The number of fused-ring (bicyclic) bond motifs is 1. The summed E-state index contributed by atoms with van der Waals surface area (Å²) in [4.78, 5) is 10.8. The molecule has 0 aliphatic heterocycles. The quantitative estimate of drug-likeness (QED) is 0.785. The summed E-state index contributed by atoms with van der Waals surface area (Å²) in [6, 6.07) is 8.16. The molecular formula is C16H19NO3. The van der Waals surface area contributed by atoms with Crippen molar-refractivity contribution in [3.05, 3.63) is 41.6 Å². The third kappa shape index (κ3) is 3.27. The van der Waals surface area contributed by atoms with E-state index in [1.807, 2.05) is 31.3 Å². The van der Waals surface area contributed by atoms with E-state index in [2.05, 4.69) is 16.7 Å². The van der Waals surface area contributed by atoms with Crippen molar-refractivity contribution in [2.45, 2.75) is 20.6 Å². The topological polar surface area (TPSA) is 40.5 Å². The molecule has 0 aliphatic carbocycles. The molecule has 0 bridgehead atoms. The highest BCUT2D eigenvalue weighted by Gasteiger charge is 2.06. The third-order valence-corrected chi connectivity index (χ3v) is 2.99. The van der Waals surface area contributed by atoms with E-state index in [1.54, 1.807) is 7.11 Å². The predicted molar refractivity (Wildman–Crippen MR) is 79.2 cm³/mol. The number of benzene rings is 1. The number of carbonyl (C=O) groups excluding carboxylic acids is 1. The molecule has 0 radical (unpaired) electrons. The van der Waals surface area contributed by atoms with Crippen LogP contribution in [0.4, 0.5) is 0 Å². The Balaban J connectivity index is 2.34. The van der Waals surface area contributed by atoms with Crippen molar-refractivity contribution in [1.29, 1.82) is 0 Å². The van der Waals surface area contributed by atoms with Gasteiger partial charge in [-0.05, 0) is 18.6 Å². The Morgan fingerprint density at radius 2 is 2.05 bits per heavy atom. The molecule has 0 saturated heterocycles. The van der Waals surface area contributed by atoms with Crippen LogP contribution in [0.3, 0.4) is 0 Å². The van der Waals surface area contributed by atoms with Gasteiger partial charge in [-0.3, -0.25) is 4.79 Å². The average molecular weight is 273 g/mol. The summed E-state index contributed by atoms with van der Waals surface area (Å²) in [5.41, 5.74) is 3.23. The monoisotopic (exact) mass is 273 g/mol. The van der Waals surface area contributed by atoms with Gasteiger partial charge in [-0.25, -0.2) is 0 Å². The first-order valence-corrected chi connectivity index (χ1v) is 6.49. The number of hydrogen-bond acceptors (Lipinski definition) is 3. The molecule has 2 rings (SSSR count). The highest BCUT2D eigenvalue weighted by molar-refractivity contribution is 5.89. The van der Waals surface area contributed by atoms with Crippen molar-refractivity contribution in [3.63, 3.8) is 0 Å². The fraction of sp³-hybridized carbons (Fsp3) is 0.312. The number of hydrogen-bond donors (Lipinski definition) is 0. The first kappa shape index (κ1) is 14.3. The number of rotatable bonds is 5. The van der Waals surface area contributed by atoms with Crippen molar-refractivity contribution in [1.82, 2.24) is 4.57 Å². The van der Waals surface area contributed by atoms with Crippen LogP contribution < -0.4 is 0 Å². The number of nitrogens with zero attached hydrogens (tertiary/aromatic N) is 1. The Labute approximate surface area is 118 Å². The number of carbonyl (C=O) groups is 1. The first-order valence-electron chi connectivity index (χ1n) is 6.49. The minimum atomic E-state index is -0.264. The molecule has 0 N–H and O–H groups in total. The predicted octanol–water partition coefficient (Wildman–Crippen LogP) is 3.21. The number of methoxy groups -OCH3 is 1. The molecule has 1 heterocycles. The lowest BCUT2D eigenvalue weighted by Crippen LogP contribution is -2.01. The van der Waals surface area contributed by atoms with Gasteiger partial charge >= 0.3 is 5.97 Å². The summed E-state index contributed by atoms with van der Waals surface area (Å²) in [6.45, 7) is 4.19. The average Bonchev–Trinajstić information content (AvgIpc) is 2.76. The van der Waals surface area contributed by atoms with Gasteiger partial charge in [0.05, 0.1) is 5.52 Å². The number of aromatic nitrogens is 1. The number of esters is 1. The van der Waals surface area contributed by atoms with Gasteiger partial charge in [-0.15, -0.1) is 0 Å². The summed E-state index contributed by atoms with van der Waals surface area (Å²) >= 11 is 0. The van der Waals surface area contributed by atoms with Gasteiger partial charge in [0.1, 0.15) is 13.3 Å². The minimum absolute atomic E-state index is 0.264. The van der Waals surface area contributed by atoms with Gasteiger partial charge in [0.25, 0.3) is 0 Å². The van der Waals surface area contributed by atoms with E-state index in [4.69, 9.17) is 9.47 Å². The summed E-state index contributed by atoms with van der Waals surface area (Å²) < 4.78 is 12.3. The van der Waals surface area contributed by atoms with E-state index >= 15 is 0 Å². The summed E-state index contributed by atoms with van der Waals surface area (Å²) in [6.07, 6.45) is 4.09. The van der Waals surface area contributed by atoms with Crippen molar-refractivity contribution in [2.75, 3.05) is 13.7 Å². The standard InChI is InChI=1S/C16H19NO3/c1-12(10-20-13(2)18)8-14-9-17(11-19-3)16-7-5-4-6-15(14)16/h4-9H,10-11H2,1-3H3/b12-8+. The Hall–Kier alpha value is -2.07. The molecule has 0 amide bonds. The van der Waals surface area contributed by atoms with Crippen LogP contribution in [-0.2, 0) is 21.0 Å². The van der Waals surface area contributed by atoms with Gasteiger partial charge in [-0.2, -0.15) is 0 Å². The van der Waals surface area contributed by atoms with Crippen LogP contribution in [0.25, 0.3) is 17.0 Å². The highest BCUT2D eigenvalue weighted by atomic mass is 16.5. The SMILES string of the molecule is COCn1cc(/C=C(\C)COC(C)=O)c2ccccc21. The Morgan fingerprint density at radius 3 is 2.75 bits per heavy atom. The minimum Gasteiger partial charge on any atom is -0.461 e. The zero-order valence-corrected chi connectivity index (χ0v) is 12.1. The highest BCUT2D eigenvalue weighted by Crippen LogP contribution is 2.23. The molecule has 4 nitrogen and oxygen atoms in total. The largest absolute Gasteiger partial charge is 0.461 e. The molecule has 2 aromatic rings. The first-order chi connectivity index (χ1) is 9.61. The van der Waals surface area contributed by atoms with Crippen molar-refractivity contribution < 1.29 is 14.3 Å². The van der Waals surface area contributed by atoms with Crippen molar-refractivity contribution in [2.24, 2.45) is 0 Å². The third-order valence-electron chi connectivity index (χ3n) is 2.99. The maximum absolute atomic E-state index is 10.8. The fourth-order valence-electron chi connectivity index (χ4n) is 2.16. The van der Waals surface area contributed by atoms with E-state index in [-0.39, 0.29) is 5.97 Å². The molecular weight excluding hydrogens is 254 g/mol. The summed E-state index contributed by atoms with van der Waals surface area (Å²) in [5.74, 6) is -0.264. The normalized spacial score (nSPS) is 11.8. The van der Waals surface area contributed by atoms with E-state index < -0.39 is 0 Å². The van der Waals surface area contributed by atoms with Gasteiger partial charge in [0, 0.05) is 31.2 Å². The van der Waals surface area contributed by atoms with Crippen LogP contribution in [0.2, 0.25) is 0 Å². The zero-order chi connectivity index (χ0) is 14.5. The summed E-state index contributed by atoms with van der Waals surface area (Å²) in [5, 5.41) is 1.16. The number of para-hydroxylation sites is 1. The van der Waals surface area contributed by atoms with Crippen molar-refractivity contribution in [3.8, 4) is 0 Å². The fourth-order valence-corrected chi connectivity index (χ4v) is 2.16. The molecule has 1 aromatic heterocycles. The van der Waals surface area contributed by atoms with Crippen molar-refractivity contribution >= 4 is 22.9 Å². The van der Waals surface area contributed by atoms with Crippen LogP contribution in [-0.4, -0.2) is 24.3 Å². The molecule has 4 heteroatoms. The van der Waals surface area contributed by atoms with Crippen LogP contribution >= 0.6 is 0 Å². The second-order valence-electron chi connectivity index (χ2n) is 4.76. The van der Waals surface area contributed by atoms with Crippen LogP contribution in [0, 0.1) is 0 Å². The second-order valence-corrected chi connectivity index (χ2v) is 4.76. The molecule has 0 unspecified atom stereocenters. The maximum Gasteiger partial charge on any atom is 0.302 e. The molecule has 0 atom stereocenters. The van der Waals surface area contributed by atoms with Gasteiger partial charge in [0.15, 0.2) is 0 Å². The summed E-state index contributed by atoms with van der Waals surface area (Å²) in [7, 11) is 1.68. The Kier molecular flexibility index (Phi) is 4.58. The lowest BCUT2D eigenvalue weighted by Gasteiger charge is -2.01. The van der Waals surface area contributed by atoms with E-state index in [1.165, 1.54) is 6.92 Å². The molecule has 0 fully saturated rings. The molecule has 20 heavy (non-hydrogen) atoms. The molecule has 0 spiro atoms. The van der Waals surface area contributed by atoms with E-state index in [0.29, 0.717) is 13.3 Å². The van der Waals surface area contributed by atoms with Crippen LogP contribution in [0.1, 0.15) is 19.4 Å². The van der Waals surface area contributed by atoms with Gasteiger partial charge in [0.2, 0.25) is 0 Å². The Morgan fingerprint density at radius 1 is 1.30 bits per heavy atom. The Bertz CT molecular complexity index is 640. The van der Waals surface area contributed by atoms with Gasteiger partial charge in [-0.1, -0.05) is 24.3 Å². The van der Waals surface area contributed by atoms with Crippen LogP contribution in [0.5, 0.6) is 0 Å². The number of ether oxygens (including phenoxy) is 2. The smallest absolute Gasteiger partial charge is 0.302 e. The van der Waals surface area contributed by atoms with Crippen LogP contribution in [0.15, 0.2) is 36.0 Å². The van der Waals surface area contributed by atoms with E-state index in [0.717, 1.165) is 22.0 Å². The maximum atomic E-state index is 10.8. The molecule has 1 aromatic carbocycles. The lowest BCUT2D eigenvalue weighted by molar-refractivity contribution is -0.139. The zero-order valence-electron chi connectivity index (χ0n) is 12.1. The molecule has 0 aliphatic rings. The van der Waals surface area contributed by atoms with Gasteiger partial charge < -0.3 is 14.0 Å². The van der Waals surface area contributed by atoms with E-state index in [9.17, 15) is 4.79 Å². The lowest BCUT2D eigenvalue weighted by atomic mass is 10.1.